The lowest BCUT2D eigenvalue weighted by Gasteiger charge is -2.19. The van der Waals surface area contributed by atoms with Gasteiger partial charge < -0.3 is 0 Å². The Morgan fingerprint density at radius 1 is 1.38 bits per heavy atom. The first-order valence-electron chi connectivity index (χ1n) is 7.12. The van der Waals surface area contributed by atoms with Gasteiger partial charge in [0, 0.05) is 18.7 Å². The first-order chi connectivity index (χ1) is 9.95. The molecule has 1 N–H and O–H groups in total. The molecule has 2 heterocycles. The van der Waals surface area contributed by atoms with Crippen LogP contribution in [0.4, 0.5) is 0 Å². The summed E-state index contributed by atoms with van der Waals surface area (Å²) in [7, 11) is 1.88. The summed E-state index contributed by atoms with van der Waals surface area (Å²) in [6.07, 6.45) is 6.74. The third kappa shape index (κ3) is 2.96. The Morgan fingerprint density at radius 3 is 2.67 bits per heavy atom. The molecule has 21 heavy (non-hydrogen) atoms. The largest absolute Gasteiger partial charge is 0.296 e. The third-order valence-electron chi connectivity index (χ3n) is 3.61. The lowest BCUT2D eigenvalue weighted by atomic mass is 9.93. The smallest absolute Gasteiger partial charge is 0.235 e. The molecule has 2 amide bonds. The molecule has 112 valence electrons. The first-order valence-corrected chi connectivity index (χ1v) is 7.12. The number of rotatable bonds is 2. The Hall–Kier alpha value is -2.17. The van der Waals surface area contributed by atoms with E-state index in [9.17, 15) is 9.59 Å². The SMILES string of the molecule is C/C=C\C=c1\c(C2CCC(=O)NC2=O)nn(C)c1=C(C)C. The standard InChI is InChI=1S/C16H21N3O2/c1-5-6-7-11-14(18-19(4)15(11)10(2)3)12-8-9-13(20)17-16(12)21/h5-7,12H,8-9H2,1-4H3,(H,17,20,21)/b6-5-,11-7-. The predicted molar refractivity (Wildman–Crippen MR) is 81.6 cm³/mol. The molecule has 1 aromatic heterocycles. The van der Waals surface area contributed by atoms with Crippen LogP contribution in [0, 0.1) is 0 Å². The summed E-state index contributed by atoms with van der Waals surface area (Å²) in [6.45, 7) is 6.00. The lowest BCUT2D eigenvalue weighted by molar-refractivity contribution is -0.134. The van der Waals surface area contributed by atoms with E-state index in [2.05, 4.69) is 10.4 Å². The minimum atomic E-state index is -0.362. The van der Waals surface area contributed by atoms with Gasteiger partial charge in [0.15, 0.2) is 0 Å². The fraction of sp³-hybridized carbons (Fsp3) is 0.438. The van der Waals surface area contributed by atoms with Gasteiger partial charge in [-0.1, -0.05) is 23.8 Å². The van der Waals surface area contributed by atoms with Crippen molar-refractivity contribution in [3.05, 3.63) is 28.4 Å². The number of nitrogens with one attached hydrogen (secondary N) is 1. The Morgan fingerprint density at radius 2 is 2.10 bits per heavy atom. The molecule has 0 spiro atoms. The maximum Gasteiger partial charge on any atom is 0.235 e. The molecule has 0 aliphatic carbocycles. The summed E-state index contributed by atoms with van der Waals surface area (Å²) in [4.78, 5) is 23.4. The highest BCUT2D eigenvalue weighted by Crippen LogP contribution is 2.20. The van der Waals surface area contributed by atoms with Crippen molar-refractivity contribution >= 4 is 23.5 Å². The number of hydrogen-bond acceptors (Lipinski definition) is 3. The average molecular weight is 287 g/mol. The second-order valence-corrected chi connectivity index (χ2v) is 5.47. The fourth-order valence-corrected chi connectivity index (χ4v) is 2.72. The second kappa shape index (κ2) is 6.08. The van der Waals surface area contributed by atoms with Crippen LogP contribution in [0.5, 0.6) is 0 Å². The van der Waals surface area contributed by atoms with E-state index < -0.39 is 0 Å². The number of carbonyl (C=O) groups excluding carboxylic acids is 2. The van der Waals surface area contributed by atoms with Crippen LogP contribution in [0.1, 0.15) is 45.2 Å². The molecule has 0 radical (unpaired) electrons. The van der Waals surface area contributed by atoms with E-state index in [1.54, 1.807) is 0 Å². The van der Waals surface area contributed by atoms with Gasteiger partial charge in [-0.05, 0) is 27.2 Å². The third-order valence-corrected chi connectivity index (χ3v) is 3.61. The van der Waals surface area contributed by atoms with E-state index in [1.807, 2.05) is 50.7 Å². The Kier molecular flexibility index (Phi) is 4.40. The summed E-state index contributed by atoms with van der Waals surface area (Å²) in [5, 5.41) is 8.93. The van der Waals surface area contributed by atoms with Crippen molar-refractivity contribution in [2.75, 3.05) is 0 Å². The van der Waals surface area contributed by atoms with Crippen LogP contribution < -0.4 is 15.9 Å². The number of piperidine rings is 1. The van der Waals surface area contributed by atoms with Crippen molar-refractivity contribution in [1.82, 2.24) is 15.1 Å². The normalized spacial score (nSPS) is 20.2. The second-order valence-electron chi connectivity index (χ2n) is 5.47. The molecule has 0 bridgehead atoms. The number of carbonyl (C=O) groups is 2. The Balaban J connectivity index is 2.65. The minimum Gasteiger partial charge on any atom is -0.296 e. The maximum absolute atomic E-state index is 12.1. The molecule has 1 atom stereocenters. The Bertz CT molecular complexity index is 721. The number of aromatic nitrogens is 2. The van der Waals surface area contributed by atoms with Crippen LogP contribution in [0.2, 0.25) is 0 Å². The van der Waals surface area contributed by atoms with Crippen LogP contribution >= 0.6 is 0 Å². The van der Waals surface area contributed by atoms with Crippen LogP contribution in [-0.2, 0) is 16.6 Å². The van der Waals surface area contributed by atoms with Gasteiger partial charge in [0.25, 0.3) is 0 Å². The van der Waals surface area contributed by atoms with Gasteiger partial charge in [0.2, 0.25) is 11.8 Å². The monoisotopic (exact) mass is 287 g/mol. The molecule has 5 heteroatoms. The predicted octanol–water partition coefficient (Wildman–Crippen LogP) is 0.487. The van der Waals surface area contributed by atoms with E-state index in [0.29, 0.717) is 12.8 Å². The zero-order valence-corrected chi connectivity index (χ0v) is 12.9. The highest BCUT2D eigenvalue weighted by atomic mass is 16.2. The molecule has 5 nitrogen and oxygen atoms in total. The molecular weight excluding hydrogens is 266 g/mol. The number of aryl methyl sites for hydroxylation is 1. The van der Waals surface area contributed by atoms with E-state index in [0.717, 1.165) is 21.8 Å². The van der Waals surface area contributed by atoms with Crippen LogP contribution in [0.3, 0.4) is 0 Å². The first kappa shape index (κ1) is 15.2. The molecule has 0 aromatic carbocycles. The van der Waals surface area contributed by atoms with Gasteiger partial charge in [0.05, 0.1) is 17.0 Å². The van der Waals surface area contributed by atoms with Gasteiger partial charge >= 0.3 is 0 Å². The fourth-order valence-electron chi connectivity index (χ4n) is 2.72. The summed E-state index contributed by atoms with van der Waals surface area (Å²) in [5.41, 5.74) is 1.89. The van der Waals surface area contributed by atoms with Crippen molar-refractivity contribution < 1.29 is 9.59 Å². The molecule has 1 unspecified atom stereocenters. The molecule has 1 aromatic rings. The van der Waals surface area contributed by atoms with Crippen LogP contribution in [0.25, 0.3) is 11.6 Å². The van der Waals surface area contributed by atoms with Gasteiger partial charge in [-0.2, -0.15) is 5.10 Å². The van der Waals surface area contributed by atoms with Crippen molar-refractivity contribution in [1.29, 1.82) is 0 Å². The topological polar surface area (TPSA) is 64.0 Å². The van der Waals surface area contributed by atoms with Gasteiger partial charge in [-0.25, -0.2) is 0 Å². The molecule has 1 saturated heterocycles. The number of amides is 2. The van der Waals surface area contributed by atoms with Crippen LogP contribution in [0.15, 0.2) is 12.2 Å². The van der Waals surface area contributed by atoms with E-state index in [1.165, 1.54) is 0 Å². The number of allylic oxidation sites excluding steroid dienone is 2. The van der Waals surface area contributed by atoms with Crippen molar-refractivity contribution in [3.63, 3.8) is 0 Å². The highest BCUT2D eigenvalue weighted by molar-refractivity contribution is 6.00. The zero-order valence-electron chi connectivity index (χ0n) is 12.9. The number of nitrogens with zero attached hydrogens (tertiary/aromatic N) is 2. The van der Waals surface area contributed by atoms with Gasteiger partial charge in [-0.15, -0.1) is 0 Å². The quantitative estimate of drug-likeness (QED) is 0.805. The van der Waals surface area contributed by atoms with Gasteiger partial charge in [-0.3, -0.25) is 19.6 Å². The molecule has 1 aliphatic heterocycles. The Labute approximate surface area is 124 Å². The number of imide groups is 1. The summed E-state index contributed by atoms with van der Waals surface area (Å²) >= 11 is 0. The van der Waals surface area contributed by atoms with E-state index >= 15 is 0 Å². The van der Waals surface area contributed by atoms with Crippen molar-refractivity contribution in [2.24, 2.45) is 7.05 Å². The minimum absolute atomic E-state index is 0.204. The zero-order chi connectivity index (χ0) is 15.6. The number of hydrogen-bond donors (Lipinski definition) is 1. The van der Waals surface area contributed by atoms with Crippen molar-refractivity contribution in [3.8, 4) is 0 Å². The van der Waals surface area contributed by atoms with E-state index in [-0.39, 0.29) is 17.7 Å². The summed E-state index contributed by atoms with van der Waals surface area (Å²) in [5.74, 6) is -0.817. The van der Waals surface area contributed by atoms with Gasteiger partial charge in [0.1, 0.15) is 0 Å². The lowest BCUT2D eigenvalue weighted by Crippen LogP contribution is -2.42. The summed E-state index contributed by atoms with van der Waals surface area (Å²) < 4.78 is 1.81. The van der Waals surface area contributed by atoms with Crippen LogP contribution in [-0.4, -0.2) is 21.6 Å². The molecular formula is C16H21N3O2. The average Bonchev–Trinajstić information content (AvgIpc) is 2.73. The van der Waals surface area contributed by atoms with E-state index in [4.69, 9.17) is 0 Å². The molecule has 2 rings (SSSR count). The summed E-state index contributed by atoms with van der Waals surface area (Å²) in [6, 6.07) is 0. The highest BCUT2D eigenvalue weighted by Gasteiger charge is 2.30. The molecule has 1 fully saturated rings. The molecule has 1 aliphatic rings. The molecule has 0 saturated carbocycles. The maximum atomic E-state index is 12.1. The van der Waals surface area contributed by atoms with Crippen molar-refractivity contribution in [2.45, 2.75) is 39.5 Å².